The summed E-state index contributed by atoms with van der Waals surface area (Å²) in [6.45, 7) is 5.91. The summed E-state index contributed by atoms with van der Waals surface area (Å²) < 4.78 is 5.80. The highest BCUT2D eigenvalue weighted by molar-refractivity contribution is 7.80. The Kier molecular flexibility index (Phi) is 7.88. The molecule has 1 N–H and O–H groups in total. The first-order valence-electron chi connectivity index (χ1n) is 8.67. The number of nitrogens with one attached hydrogen (secondary N) is 1. The number of carbonyl (C=O) groups is 1. The Morgan fingerprint density at radius 3 is 2.38 bits per heavy atom. The average molecular weight is 391 g/mol. The van der Waals surface area contributed by atoms with E-state index in [4.69, 9.17) is 28.6 Å². The number of benzene rings is 2. The van der Waals surface area contributed by atoms with Gasteiger partial charge >= 0.3 is 0 Å². The van der Waals surface area contributed by atoms with Gasteiger partial charge in [0.15, 0.2) is 0 Å². The molecular formula is C20H23ClN2O2S. The fraction of sp³-hybridized carbons (Fsp3) is 0.300. The minimum Gasteiger partial charge on any atom is -0.432 e. The summed E-state index contributed by atoms with van der Waals surface area (Å²) in [5, 5.41) is 3.89. The normalized spacial score (nSPS) is 10.3. The molecule has 26 heavy (non-hydrogen) atoms. The van der Waals surface area contributed by atoms with Crippen molar-refractivity contribution in [2.45, 2.75) is 26.7 Å². The molecule has 2 aromatic carbocycles. The average Bonchev–Trinajstić information content (AvgIpc) is 2.63. The number of rotatable bonds is 7. The van der Waals surface area contributed by atoms with Crippen molar-refractivity contribution < 1.29 is 9.53 Å². The Hall–Kier alpha value is -2.11. The van der Waals surface area contributed by atoms with Crippen LogP contribution in [0.4, 0.5) is 5.69 Å². The van der Waals surface area contributed by atoms with Gasteiger partial charge < -0.3 is 15.0 Å². The van der Waals surface area contributed by atoms with Crippen molar-refractivity contribution in [2.75, 3.05) is 18.4 Å². The van der Waals surface area contributed by atoms with Crippen molar-refractivity contribution in [3.8, 4) is 5.75 Å². The SMILES string of the molecule is CCCN(CCC)C(=S)Oc1cccc(C(=O)Nc2ccc(Cl)cc2)c1. The summed E-state index contributed by atoms with van der Waals surface area (Å²) in [4.78, 5) is 14.5. The van der Waals surface area contributed by atoms with Crippen LogP contribution in [-0.4, -0.2) is 29.1 Å². The third-order valence-corrected chi connectivity index (χ3v) is 4.24. The molecule has 0 saturated carbocycles. The first-order valence-corrected chi connectivity index (χ1v) is 9.45. The van der Waals surface area contributed by atoms with E-state index in [1.807, 2.05) is 4.90 Å². The molecule has 1 amide bonds. The molecule has 0 atom stereocenters. The maximum atomic E-state index is 12.4. The first kappa shape index (κ1) is 20.2. The van der Waals surface area contributed by atoms with Crippen LogP contribution in [0.3, 0.4) is 0 Å². The number of nitrogens with zero attached hydrogens (tertiary/aromatic N) is 1. The summed E-state index contributed by atoms with van der Waals surface area (Å²) in [6.07, 6.45) is 1.99. The van der Waals surface area contributed by atoms with Crippen LogP contribution < -0.4 is 10.1 Å². The van der Waals surface area contributed by atoms with Crippen LogP contribution >= 0.6 is 23.8 Å². The number of hydrogen-bond acceptors (Lipinski definition) is 3. The molecule has 0 aliphatic carbocycles. The van der Waals surface area contributed by atoms with Crippen molar-refractivity contribution >= 4 is 40.6 Å². The van der Waals surface area contributed by atoms with Gasteiger partial charge in [-0.2, -0.15) is 0 Å². The van der Waals surface area contributed by atoms with Gasteiger partial charge in [0.2, 0.25) is 0 Å². The standard InChI is InChI=1S/C20H23ClN2O2S/c1-3-12-23(13-4-2)20(26)25-18-7-5-6-15(14-18)19(24)22-17-10-8-16(21)9-11-17/h5-11,14H,3-4,12-13H2,1-2H3,(H,22,24). The van der Waals surface area contributed by atoms with E-state index in [1.165, 1.54) is 0 Å². The molecule has 0 radical (unpaired) electrons. The Morgan fingerprint density at radius 1 is 1.12 bits per heavy atom. The fourth-order valence-corrected chi connectivity index (χ4v) is 2.84. The van der Waals surface area contributed by atoms with Crippen molar-refractivity contribution in [1.29, 1.82) is 0 Å². The zero-order chi connectivity index (χ0) is 18.9. The number of hydrogen-bond donors (Lipinski definition) is 1. The van der Waals surface area contributed by atoms with Crippen LogP contribution in [0.15, 0.2) is 48.5 Å². The van der Waals surface area contributed by atoms with Gasteiger partial charge in [0, 0.05) is 29.4 Å². The number of halogens is 1. The second-order valence-electron chi connectivity index (χ2n) is 5.84. The Labute approximate surface area is 165 Å². The fourth-order valence-electron chi connectivity index (χ4n) is 2.44. The van der Waals surface area contributed by atoms with Gasteiger partial charge in [-0.15, -0.1) is 0 Å². The number of ether oxygens (including phenoxy) is 1. The molecule has 0 aromatic heterocycles. The molecule has 0 spiro atoms. The van der Waals surface area contributed by atoms with E-state index in [1.54, 1.807) is 48.5 Å². The molecular weight excluding hydrogens is 368 g/mol. The first-order chi connectivity index (χ1) is 12.5. The Morgan fingerprint density at radius 2 is 1.77 bits per heavy atom. The van der Waals surface area contributed by atoms with Gasteiger partial charge in [-0.25, -0.2) is 0 Å². The number of anilines is 1. The lowest BCUT2D eigenvalue weighted by atomic mass is 10.2. The predicted octanol–water partition coefficient (Wildman–Crippen LogP) is 5.38. The second-order valence-corrected chi connectivity index (χ2v) is 6.63. The highest BCUT2D eigenvalue weighted by Crippen LogP contribution is 2.18. The van der Waals surface area contributed by atoms with Gasteiger partial charge in [0.25, 0.3) is 11.1 Å². The maximum absolute atomic E-state index is 12.4. The van der Waals surface area contributed by atoms with E-state index in [9.17, 15) is 4.79 Å². The molecule has 0 fully saturated rings. The van der Waals surface area contributed by atoms with Crippen molar-refractivity contribution in [3.05, 3.63) is 59.1 Å². The molecule has 138 valence electrons. The molecule has 0 heterocycles. The highest BCUT2D eigenvalue weighted by atomic mass is 35.5. The predicted molar refractivity (Wildman–Crippen MR) is 111 cm³/mol. The molecule has 2 rings (SSSR count). The lowest BCUT2D eigenvalue weighted by Crippen LogP contribution is -2.34. The number of carbonyl (C=O) groups excluding carboxylic acids is 1. The van der Waals surface area contributed by atoms with Crippen LogP contribution in [0.25, 0.3) is 0 Å². The van der Waals surface area contributed by atoms with E-state index < -0.39 is 0 Å². The largest absolute Gasteiger partial charge is 0.432 e. The summed E-state index contributed by atoms with van der Waals surface area (Å²) in [5.74, 6) is 0.332. The van der Waals surface area contributed by atoms with Crippen LogP contribution in [0.2, 0.25) is 5.02 Å². The van der Waals surface area contributed by atoms with Crippen molar-refractivity contribution in [1.82, 2.24) is 4.90 Å². The molecule has 2 aromatic rings. The Balaban J connectivity index is 2.05. The topological polar surface area (TPSA) is 41.6 Å². The number of amides is 1. The third kappa shape index (κ3) is 6.00. The van der Waals surface area contributed by atoms with Gasteiger partial charge in [-0.3, -0.25) is 4.79 Å². The second kappa shape index (κ2) is 10.1. The minimum absolute atomic E-state index is 0.220. The lowest BCUT2D eigenvalue weighted by Gasteiger charge is -2.23. The van der Waals surface area contributed by atoms with Crippen LogP contribution in [0.1, 0.15) is 37.0 Å². The van der Waals surface area contributed by atoms with Gasteiger partial charge in [-0.05, 0) is 67.5 Å². The van der Waals surface area contributed by atoms with E-state index >= 15 is 0 Å². The van der Waals surface area contributed by atoms with Gasteiger partial charge in [0.1, 0.15) is 5.75 Å². The van der Waals surface area contributed by atoms with Crippen LogP contribution in [0, 0.1) is 0 Å². The molecule has 6 heteroatoms. The van der Waals surface area contributed by atoms with Crippen LogP contribution in [-0.2, 0) is 0 Å². The molecule has 0 saturated heterocycles. The third-order valence-electron chi connectivity index (χ3n) is 3.65. The van der Waals surface area contributed by atoms with Crippen molar-refractivity contribution in [3.63, 3.8) is 0 Å². The number of thiocarbonyl (C=S) groups is 1. The summed E-state index contributed by atoms with van der Waals surface area (Å²) in [5.41, 5.74) is 1.18. The monoisotopic (exact) mass is 390 g/mol. The quantitative estimate of drug-likeness (QED) is 0.644. The van der Waals surface area contributed by atoms with E-state index in [0.717, 1.165) is 25.9 Å². The maximum Gasteiger partial charge on any atom is 0.264 e. The summed E-state index contributed by atoms with van der Waals surface area (Å²) in [6, 6.07) is 14.0. The van der Waals surface area contributed by atoms with Crippen LogP contribution in [0.5, 0.6) is 5.75 Å². The Bertz CT molecular complexity index is 744. The van der Waals surface area contributed by atoms with E-state index in [2.05, 4.69) is 19.2 Å². The van der Waals surface area contributed by atoms with Gasteiger partial charge in [0.05, 0.1) is 0 Å². The molecule has 0 unspecified atom stereocenters. The minimum atomic E-state index is -0.220. The highest BCUT2D eigenvalue weighted by Gasteiger charge is 2.12. The van der Waals surface area contributed by atoms with Crippen molar-refractivity contribution in [2.24, 2.45) is 0 Å². The molecule has 0 aliphatic heterocycles. The zero-order valence-corrected chi connectivity index (χ0v) is 16.6. The zero-order valence-electron chi connectivity index (χ0n) is 15.0. The van der Waals surface area contributed by atoms with E-state index in [0.29, 0.717) is 27.2 Å². The van der Waals surface area contributed by atoms with Gasteiger partial charge in [-0.1, -0.05) is 31.5 Å². The molecule has 4 nitrogen and oxygen atoms in total. The summed E-state index contributed by atoms with van der Waals surface area (Å²) in [7, 11) is 0. The summed E-state index contributed by atoms with van der Waals surface area (Å²) >= 11 is 11.3. The smallest absolute Gasteiger partial charge is 0.264 e. The van der Waals surface area contributed by atoms with E-state index in [-0.39, 0.29) is 5.91 Å². The molecule has 0 bridgehead atoms. The molecule has 0 aliphatic rings. The lowest BCUT2D eigenvalue weighted by molar-refractivity contribution is 0.102.